The molecule has 1 N–H and O–H groups in total. The summed E-state index contributed by atoms with van der Waals surface area (Å²) in [4.78, 5) is 14.3. The van der Waals surface area contributed by atoms with Gasteiger partial charge in [0.15, 0.2) is 0 Å². The van der Waals surface area contributed by atoms with Crippen molar-refractivity contribution in [1.29, 1.82) is 0 Å². The third-order valence-electron chi connectivity index (χ3n) is 5.95. The molecule has 0 saturated carbocycles. The molecule has 196 valence electrons. The van der Waals surface area contributed by atoms with E-state index < -0.39 is 11.4 Å². The molecule has 2 heterocycles. The Bertz CT molecular complexity index is 1420. The van der Waals surface area contributed by atoms with Crippen LogP contribution in [0.2, 0.25) is 9.36 Å². The first-order chi connectivity index (χ1) is 17.3. The van der Waals surface area contributed by atoms with E-state index in [1.165, 1.54) is 11.3 Å². The van der Waals surface area contributed by atoms with Crippen LogP contribution in [0.5, 0.6) is 5.75 Å². The average molecular weight is 577 g/mol. The van der Waals surface area contributed by atoms with E-state index in [-0.39, 0.29) is 4.75 Å². The lowest BCUT2D eigenvalue weighted by atomic mass is 9.88. The zero-order valence-electron chi connectivity index (χ0n) is 21.6. The van der Waals surface area contributed by atoms with E-state index in [0.717, 1.165) is 42.0 Å². The molecule has 8 heteroatoms. The number of aromatic nitrogens is 1. The molecular formula is C29H31Cl2NO3S2. The lowest BCUT2D eigenvalue weighted by molar-refractivity contribution is -0.146. The number of fused-ring (bicyclic) bond motifs is 1. The molecule has 0 amide bonds. The van der Waals surface area contributed by atoms with Crippen molar-refractivity contribution in [3.05, 3.63) is 80.1 Å². The van der Waals surface area contributed by atoms with Crippen LogP contribution in [0.4, 0.5) is 0 Å². The Hall–Kier alpha value is -2.12. The smallest absolute Gasteiger partial charge is 0.309 e. The van der Waals surface area contributed by atoms with Crippen molar-refractivity contribution >= 4 is 63.2 Å². The van der Waals surface area contributed by atoms with Gasteiger partial charge < -0.3 is 14.4 Å². The van der Waals surface area contributed by atoms with E-state index in [2.05, 4.69) is 37.5 Å². The van der Waals surface area contributed by atoms with Gasteiger partial charge in [-0.05, 0) is 61.9 Å². The highest BCUT2D eigenvalue weighted by molar-refractivity contribution is 8.00. The van der Waals surface area contributed by atoms with Gasteiger partial charge in [-0.1, -0.05) is 56.1 Å². The molecule has 37 heavy (non-hydrogen) atoms. The number of thioether (sulfide) groups is 1. The summed E-state index contributed by atoms with van der Waals surface area (Å²) in [5.41, 5.74) is 2.22. The van der Waals surface area contributed by atoms with Gasteiger partial charge in [0.25, 0.3) is 0 Å². The maximum Gasteiger partial charge on any atom is 0.309 e. The van der Waals surface area contributed by atoms with E-state index in [9.17, 15) is 9.90 Å². The zero-order chi connectivity index (χ0) is 27.0. The second kappa shape index (κ2) is 10.9. The Morgan fingerprint density at radius 1 is 1.03 bits per heavy atom. The summed E-state index contributed by atoms with van der Waals surface area (Å²) < 4.78 is 9.05. The first-order valence-electron chi connectivity index (χ1n) is 12.0. The number of benzene rings is 2. The average Bonchev–Trinajstić information content (AvgIpc) is 3.34. The first-order valence-corrected chi connectivity index (χ1v) is 14.4. The first kappa shape index (κ1) is 27.9. The molecule has 0 atom stereocenters. The summed E-state index contributed by atoms with van der Waals surface area (Å²) in [6.07, 6.45) is 0.396. The Labute approximate surface area is 236 Å². The van der Waals surface area contributed by atoms with E-state index in [4.69, 9.17) is 27.9 Å². The quantitative estimate of drug-likeness (QED) is 0.202. The van der Waals surface area contributed by atoms with Crippen molar-refractivity contribution in [3.8, 4) is 5.75 Å². The molecule has 0 fully saturated rings. The molecule has 0 aliphatic rings. The molecule has 4 rings (SSSR count). The largest absolute Gasteiger partial charge is 0.488 e. The van der Waals surface area contributed by atoms with Crippen LogP contribution in [0.3, 0.4) is 0 Å². The van der Waals surface area contributed by atoms with Crippen LogP contribution in [0.25, 0.3) is 10.9 Å². The van der Waals surface area contributed by atoms with Crippen LogP contribution >= 0.6 is 46.3 Å². The minimum Gasteiger partial charge on any atom is -0.488 e. The second-order valence-electron chi connectivity index (χ2n) is 10.7. The highest BCUT2D eigenvalue weighted by Gasteiger charge is 2.32. The number of hydrogen-bond donors (Lipinski definition) is 1. The number of halogens is 2. The number of carbonyl (C=O) groups is 1. The van der Waals surface area contributed by atoms with Gasteiger partial charge in [0, 0.05) is 49.1 Å². The van der Waals surface area contributed by atoms with Gasteiger partial charge in [0.1, 0.15) is 12.4 Å². The van der Waals surface area contributed by atoms with Gasteiger partial charge in [0.2, 0.25) is 0 Å². The van der Waals surface area contributed by atoms with Crippen molar-refractivity contribution in [2.45, 2.75) is 63.8 Å². The molecular weight excluding hydrogens is 545 g/mol. The third-order valence-corrected chi connectivity index (χ3v) is 8.68. The zero-order valence-corrected chi connectivity index (χ0v) is 24.7. The minimum absolute atomic E-state index is 0.0773. The van der Waals surface area contributed by atoms with Crippen LogP contribution in [0.1, 0.15) is 50.8 Å². The summed E-state index contributed by atoms with van der Waals surface area (Å²) in [6.45, 7) is 11.1. The summed E-state index contributed by atoms with van der Waals surface area (Å²) in [6, 6.07) is 17.8. The number of ether oxygens (including phenoxy) is 1. The lowest BCUT2D eigenvalue weighted by Crippen LogP contribution is -2.28. The van der Waals surface area contributed by atoms with Crippen LogP contribution in [0.15, 0.2) is 59.5 Å². The SMILES string of the molecule is CC(C)(C)Sc1c(CC(C)(C)C(=O)O)n(Cc2ccc(Cl)cc2)c2ccc(OCc3ccc(Cl)s3)cc12. The number of hydrogen-bond acceptors (Lipinski definition) is 4. The van der Waals surface area contributed by atoms with Crippen LogP contribution < -0.4 is 4.74 Å². The maximum atomic E-state index is 12.2. The van der Waals surface area contributed by atoms with Crippen molar-refractivity contribution in [3.63, 3.8) is 0 Å². The fraction of sp³-hybridized carbons (Fsp3) is 0.345. The van der Waals surface area contributed by atoms with Crippen molar-refractivity contribution in [1.82, 2.24) is 4.57 Å². The maximum absolute atomic E-state index is 12.2. The Morgan fingerprint density at radius 3 is 2.32 bits per heavy atom. The van der Waals surface area contributed by atoms with Crippen molar-refractivity contribution < 1.29 is 14.6 Å². The number of carboxylic acid groups (broad SMARTS) is 1. The molecule has 0 aliphatic carbocycles. The summed E-state index contributed by atoms with van der Waals surface area (Å²) in [7, 11) is 0. The van der Waals surface area contributed by atoms with Crippen LogP contribution in [-0.4, -0.2) is 20.4 Å². The number of carboxylic acids is 1. The predicted molar refractivity (Wildman–Crippen MR) is 157 cm³/mol. The molecule has 0 aliphatic heterocycles. The molecule has 0 bridgehead atoms. The molecule has 4 nitrogen and oxygen atoms in total. The monoisotopic (exact) mass is 575 g/mol. The third kappa shape index (κ3) is 6.85. The fourth-order valence-electron chi connectivity index (χ4n) is 4.07. The number of rotatable bonds is 9. The van der Waals surface area contributed by atoms with Crippen LogP contribution in [0, 0.1) is 5.41 Å². The molecule has 2 aromatic carbocycles. The molecule has 0 unspecified atom stereocenters. The lowest BCUT2D eigenvalue weighted by Gasteiger charge is -2.24. The molecule has 4 aromatic rings. The topological polar surface area (TPSA) is 51.5 Å². The summed E-state index contributed by atoms with van der Waals surface area (Å²) in [5.74, 6) is -0.0541. The molecule has 2 aromatic heterocycles. The number of nitrogens with zero attached hydrogens (tertiary/aromatic N) is 1. The fourth-order valence-corrected chi connectivity index (χ4v) is 6.39. The van der Waals surface area contributed by atoms with Crippen LogP contribution in [-0.2, 0) is 24.4 Å². The molecule has 0 spiro atoms. The second-order valence-corrected chi connectivity index (χ2v) is 14.8. The summed E-state index contributed by atoms with van der Waals surface area (Å²) in [5, 5.41) is 11.7. The Balaban J connectivity index is 1.85. The Morgan fingerprint density at radius 2 is 1.73 bits per heavy atom. The van der Waals surface area contributed by atoms with E-state index in [1.807, 2.05) is 42.5 Å². The van der Waals surface area contributed by atoms with E-state index in [0.29, 0.717) is 24.6 Å². The Kier molecular flexibility index (Phi) is 8.25. The molecule has 0 saturated heterocycles. The predicted octanol–water partition coefficient (Wildman–Crippen LogP) is 9.18. The highest BCUT2D eigenvalue weighted by Crippen LogP contribution is 2.44. The van der Waals surface area contributed by atoms with Crippen molar-refractivity contribution in [2.24, 2.45) is 5.41 Å². The normalized spacial score (nSPS) is 12.3. The molecule has 0 radical (unpaired) electrons. The number of thiophene rings is 1. The minimum atomic E-state index is -0.933. The summed E-state index contributed by atoms with van der Waals surface area (Å²) >= 11 is 15.5. The van der Waals surface area contributed by atoms with Gasteiger partial charge in [-0.3, -0.25) is 4.79 Å². The van der Waals surface area contributed by atoms with Gasteiger partial charge >= 0.3 is 5.97 Å². The van der Waals surface area contributed by atoms with Crippen molar-refractivity contribution in [2.75, 3.05) is 0 Å². The van der Waals surface area contributed by atoms with Gasteiger partial charge in [-0.25, -0.2) is 0 Å². The van der Waals surface area contributed by atoms with E-state index in [1.54, 1.807) is 25.6 Å². The van der Waals surface area contributed by atoms with E-state index >= 15 is 0 Å². The van der Waals surface area contributed by atoms with Gasteiger partial charge in [0.05, 0.1) is 9.75 Å². The standard InChI is InChI=1S/C29H31Cl2NO3S2/c1-28(2,3)37-26-22-14-20(35-17-21-11-13-25(31)36-21)10-12-23(22)32(16-18-6-8-19(30)9-7-18)24(26)15-29(4,5)27(33)34/h6-14H,15-17H2,1-5H3,(H,33,34). The highest BCUT2D eigenvalue weighted by atomic mass is 35.5. The van der Waals surface area contributed by atoms with Gasteiger partial charge in [-0.2, -0.15) is 0 Å². The van der Waals surface area contributed by atoms with Gasteiger partial charge in [-0.15, -0.1) is 23.1 Å². The number of aliphatic carboxylic acids is 1.